The highest BCUT2D eigenvalue weighted by molar-refractivity contribution is 9.10. The van der Waals surface area contributed by atoms with Crippen LogP contribution >= 0.6 is 15.9 Å². The maximum absolute atomic E-state index is 5.98. The van der Waals surface area contributed by atoms with Gasteiger partial charge in [-0.2, -0.15) is 0 Å². The van der Waals surface area contributed by atoms with Crippen LogP contribution in [0.1, 0.15) is 25.8 Å². The minimum Gasteiger partial charge on any atom is -0.495 e. The van der Waals surface area contributed by atoms with E-state index >= 15 is 0 Å². The quantitative estimate of drug-likeness (QED) is 0.925. The van der Waals surface area contributed by atoms with Gasteiger partial charge in [0.05, 0.1) is 11.6 Å². The molecule has 0 radical (unpaired) electrons. The van der Waals surface area contributed by atoms with Crippen LogP contribution in [-0.2, 0) is 5.41 Å². The molecule has 16 heavy (non-hydrogen) atoms. The van der Waals surface area contributed by atoms with Crippen molar-refractivity contribution in [2.75, 3.05) is 13.7 Å². The molecule has 88 valence electrons. The lowest BCUT2D eigenvalue weighted by Gasteiger charge is -2.22. The third kappa shape index (κ3) is 1.49. The number of rotatable bonds is 3. The van der Waals surface area contributed by atoms with E-state index in [1.807, 2.05) is 12.1 Å². The van der Waals surface area contributed by atoms with Crippen molar-refractivity contribution in [1.82, 2.24) is 0 Å². The molecule has 3 heteroatoms. The Kier molecular flexibility index (Phi) is 2.79. The van der Waals surface area contributed by atoms with Gasteiger partial charge in [0.25, 0.3) is 0 Å². The number of hydrogen-bond donors (Lipinski definition) is 1. The lowest BCUT2D eigenvalue weighted by molar-refractivity contribution is 0.392. The fourth-order valence-electron chi connectivity index (χ4n) is 2.72. The molecule has 0 bridgehead atoms. The first-order chi connectivity index (χ1) is 7.48. The summed E-state index contributed by atoms with van der Waals surface area (Å²) in [7, 11) is 1.71. The lowest BCUT2D eigenvalue weighted by atomic mass is 9.87. The van der Waals surface area contributed by atoms with E-state index in [0.717, 1.165) is 16.6 Å². The average Bonchev–Trinajstić information content (AvgIpc) is 2.82. The van der Waals surface area contributed by atoms with E-state index in [4.69, 9.17) is 10.5 Å². The average molecular weight is 284 g/mol. The smallest absolute Gasteiger partial charge is 0.136 e. The normalized spacial score (nSPS) is 26.6. The van der Waals surface area contributed by atoms with Crippen molar-refractivity contribution >= 4 is 15.9 Å². The van der Waals surface area contributed by atoms with Gasteiger partial charge in [0.1, 0.15) is 5.75 Å². The zero-order valence-corrected chi connectivity index (χ0v) is 11.6. The zero-order chi connectivity index (χ0) is 12.0. The summed E-state index contributed by atoms with van der Waals surface area (Å²) in [6.07, 6.45) is 1.13. The molecule has 0 saturated heterocycles. The van der Waals surface area contributed by atoms with Gasteiger partial charge in [0.2, 0.25) is 0 Å². The van der Waals surface area contributed by atoms with Crippen LogP contribution in [0.4, 0.5) is 0 Å². The molecular weight excluding hydrogens is 266 g/mol. The lowest BCUT2D eigenvalue weighted by Crippen LogP contribution is -2.26. The predicted octanol–water partition coefficient (Wildman–Crippen LogP) is 3.08. The summed E-state index contributed by atoms with van der Waals surface area (Å²) in [6.45, 7) is 5.20. The van der Waals surface area contributed by atoms with Crippen molar-refractivity contribution in [1.29, 1.82) is 0 Å². The Morgan fingerprint density at radius 3 is 2.50 bits per heavy atom. The Morgan fingerprint density at radius 1 is 1.44 bits per heavy atom. The van der Waals surface area contributed by atoms with Crippen molar-refractivity contribution in [2.24, 2.45) is 11.1 Å². The molecule has 1 saturated carbocycles. The second-order valence-electron chi connectivity index (χ2n) is 5.17. The standard InChI is InChI=1S/C13H18BrNO/c1-12(2)7-13(12,8-15)9-5-4-6-10(14)11(9)16-3/h4-6H,7-8,15H2,1-3H3. The number of halogens is 1. The molecule has 0 amide bonds. The Hall–Kier alpha value is -0.540. The summed E-state index contributed by atoms with van der Waals surface area (Å²) in [5, 5.41) is 0. The maximum Gasteiger partial charge on any atom is 0.136 e. The van der Waals surface area contributed by atoms with Crippen LogP contribution in [0.5, 0.6) is 5.75 Å². The molecule has 0 heterocycles. The van der Waals surface area contributed by atoms with Crippen molar-refractivity contribution in [3.05, 3.63) is 28.2 Å². The summed E-state index contributed by atoms with van der Waals surface area (Å²) in [5.41, 5.74) is 7.57. The third-order valence-corrected chi connectivity index (χ3v) is 4.57. The van der Waals surface area contributed by atoms with E-state index in [1.165, 1.54) is 5.56 Å². The molecule has 1 aromatic rings. The van der Waals surface area contributed by atoms with Gasteiger partial charge in [-0.3, -0.25) is 0 Å². The second-order valence-corrected chi connectivity index (χ2v) is 6.02. The molecule has 1 unspecified atom stereocenters. The predicted molar refractivity (Wildman–Crippen MR) is 69.8 cm³/mol. The molecule has 2 nitrogen and oxygen atoms in total. The van der Waals surface area contributed by atoms with Gasteiger partial charge >= 0.3 is 0 Å². The van der Waals surface area contributed by atoms with Crippen LogP contribution in [0, 0.1) is 5.41 Å². The molecule has 1 aliphatic rings. The topological polar surface area (TPSA) is 35.2 Å². The van der Waals surface area contributed by atoms with Crippen LogP contribution in [-0.4, -0.2) is 13.7 Å². The van der Waals surface area contributed by atoms with E-state index in [-0.39, 0.29) is 10.8 Å². The van der Waals surface area contributed by atoms with Gasteiger partial charge in [-0.25, -0.2) is 0 Å². The van der Waals surface area contributed by atoms with Gasteiger partial charge in [0.15, 0.2) is 0 Å². The Labute approximate surface area is 105 Å². The van der Waals surface area contributed by atoms with Crippen LogP contribution in [0.3, 0.4) is 0 Å². The van der Waals surface area contributed by atoms with Gasteiger partial charge in [-0.15, -0.1) is 0 Å². The number of hydrogen-bond acceptors (Lipinski definition) is 2. The number of para-hydroxylation sites is 1. The van der Waals surface area contributed by atoms with Gasteiger partial charge in [0, 0.05) is 17.5 Å². The van der Waals surface area contributed by atoms with E-state index < -0.39 is 0 Å². The molecule has 0 aliphatic heterocycles. The molecule has 1 fully saturated rings. The molecule has 1 atom stereocenters. The molecule has 1 aliphatic carbocycles. The Morgan fingerprint density at radius 2 is 2.06 bits per heavy atom. The first kappa shape index (κ1) is 11.9. The van der Waals surface area contributed by atoms with Crippen molar-refractivity contribution in [3.8, 4) is 5.75 Å². The van der Waals surface area contributed by atoms with Gasteiger partial charge < -0.3 is 10.5 Å². The highest BCUT2D eigenvalue weighted by atomic mass is 79.9. The summed E-state index contributed by atoms with van der Waals surface area (Å²) in [4.78, 5) is 0. The van der Waals surface area contributed by atoms with Crippen molar-refractivity contribution in [2.45, 2.75) is 25.7 Å². The Bertz CT molecular complexity index is 416. The van der Waals surface area contributed by atoms with Crippen molar-refractivity contribution < 1.29 is 4.74 Å². The summed E-state index contributed by atoms with van der Waals surface area (Å²) in [5.74, 6) is 0.929. The number of ether oxygens (including phenoxy) is 1. The second kappa shape index (κ2) is 3.74. The number of nitrogens with two attached hydrogens (primary N) is 1. The van der Waals surface area contributed by atoms with E-state index in [9.17, 15) is 0 Å². The summed E-state index contributed by atoms with van der Waals surface area (Å²) >= 11 is 3.53. The van der Waals surface area contributed by atoms with Gasteiger partial charge in [-0.1, -0.05) is 26.0 Å². The zero-order valence-electron chi connectivity index (χ0n) is 10.0. The van der Waals surface area contributed by atoms with Crippen LogP contribution < -0.4 is 10.5 Å². The minimum absolute atomic E-state index is 0.0854. The molecule has 2 rings (SSSR count). The first-order valence-electron chi connectivity index (χ1n) is 5.51. The first-order valence-corrected chi connectivity index (χ1v) is 6.31. The number of methoxy groups -OCH3 is 1. The van der Waals surface area contributed by atoms with E-state index in [1.54, 1.807) is 7.11 Å². The van der Waals surface area contributed by atoms with E-state index in [0.29, 0.717) is 6.54 Å². The van der Waals surface area contributed by atoms with Crippen molar-refractivity contribution in [3.63, 3.8) is 0 Å². The van der Waals surface area contributed by atoms with Gasteiger partial charge in [-0.05, 0) is 33.8 Å². The largest absolute Gasteiger partial charge is 0.495 e. The minimum atomic E-state index is 0.0854. The monoisotopic (exact) mass is 283 g/mol. The Balaban J connectivity index is 2.53. The summed E-state index contributed by atoms with van der Waals surface area (Å²) in [6, 6.07) is 6.18. The van der Waals surface area contributed by atoms with Crippen LogP contribution in [0.25, 0.3) is 0 Å². The highest BCUT2D eigenvalue weighted by Crippen LogP contribution is 2.65. The molecule has 2 N–H and O–H groups in total. The SMILES string of the molecule is COc1c(Br)cccc1C1(CN)CC1(C)C. The molecule has 1 aromatic carbocycles. The molecule has 0 aromatic heterocycles. The fourth-order valence-corrected chi connectivity index (χ4v) is 3.25. The molecular formula is C13H18BrNO. The van der Waals surface area contributed by atoms with Crippen LogP contribution in [0.15, 0.2) is 22.7 Å². The fraction of sp³-hybridized carbons (Fsp3) is 0.538. The molecule has 0 spiro atoms. The maximum atomic E-state index is 5.98. The third-order valence-electron chi connectivity index (χ3n) is 3.95. The number of benzene rings is 1. The summed E-state index contributed by atoms with van der Waals surface area (Å²) < 4.78 is 6.50. The highest BCUT2D eigenvalue weighted by Gasteiger charge is 2.62. The van der Waals surface area contributed by atoms with Crippen LogP contribution in [0.2, 0.25) is 0 Å². The van der Waals surface area contributed by atoms with E-state index in [2.05, 4.69) is 35.8 Å².